The summed E-state index contributed by atoms with van der Waals surface area (Å²) in [7, 11) is 0. The highest BCUT2D eigenvalue weighted by molar-refractivity contribution is 5.78. The highest BCUT2D eigenvalue weighted by atomic mass is 14.9. The molecule has 0 aliphatic heterocycles. The second kappa shape index (κ2) is 6.36. The molecule has 0 radical (unpaired) electrons. The van der Waals surface area contributed by atoms with Crippen LogP contribution >= 0.6 is 0 Å². The number of benzene rings is 1. The lowest BCUT2D eigenvalue weighted by molar-refractivity contribution is 0.436. The summed E-state index contributed by atoms with van der Waals surface area (Å²) in [4.78, 5) is 4.38. The molecule has 3 rings (SSSR count). The number of nitrogens with zero attached hydrogens (tertiary/aromatic N) is 1. The van der Waals surface area contributed by atoms with E-state index in [2.05, 4.69) is 41.5 Å². The molecule has 0 bridgehead atoms. The first-order valence-corrected chi connectivity index (χ1v) is 7.94. The average Bonchev–Trinajstić information content (AvgIpc) is 3.32. The highest BCUT2D eigenvalue weighted by Crippen LogP contribution is 2.34. The van der Waals surface area contributed by atoms with Gasteiger partial charge in [0.15, 0.2) is 0 Å². The number of hydrogen-bond acceptors (Lipinski definition) is 2. The van der Waals surface area contributed by atoms with Crippen LogP contribution in [0.25, 0.3) is 10.9 Å². The number of fused-ring (bicyclic) bond motifs is 1. The van der Waals surface area contributed by atoms with E-state index in [1.807, 2.05) is 12.3 Å². The van der Waals surface area contributed by atoms with Crippen LogP contribution in [0.2, 0.25) is 0 Å². The number of aryl methyl sites for hydroxylation is 1. The van der Waals surface area contributed by atoms with Crippen LogP contribution in [0.4, 0.5) is 0 Å². The molecule has 1 aromatic heterocycles. The van der Waals surface area contributed by atoms with Gasteiger partial charge in [-0.3, -0.25) is 4.98 Å². The third kappa shape index (κ3) is 3.37. The standard InChI is InChI=1S/C18H24N2/c1-2-11-19-17(15-7-8-15)9-5-14-6-10-18-16(13-14)4-3-12-20-18/h3-4,6,10,12-13,15,17,19H,2,5,7-9,11H2,1H3. The minimum atomic E-state index is 0.722. The summed E-state index contributed by atoms with van der Waals surface area (Å²) in [6.45, 7) is 3.40. The molecule has 1 fully saturated rings. The van der Waals surface area contributed by atoms with Crippen LogP contribution in [0.3, 0.4) is 0 Å². The number of hydrogen-bond donors (Lipinski definition) is 1. The molecule has 1 N–H and O–H groups in total. The fraction of sp³-hybridized carbons (Fsp3) is 0.500. The van der Waals surface area contributed by atoms with Gasteiger partial charge in [-0.1, -0.05) is 19.1 Å². The van der Waals surface area contributed by atoms with E-state index >= 15 is 0 Å². The van der Waals surface area contributed by atoms with E-state index < -0.39 is 0 Å². The molecular weight excluding hydrogens is 244 g/mol. The molecule has 106 valence electrons. The Morgan fingerprint density at radius 2 is 2.20 bits per heavy atom. The van der Waals surface area contributed by atoms with Gasteiger partial charge in [0, 0.05) is 17.6 Å². The van der Waals surface area contributed by atoms with Gasteiger partial charge >= 0.3 is 0 Å². The molecule has 1 saturated carbocycles. The third-order valence-electron chi connectivity index (χ3n) is 4.26. The van der Waals surface area contributed by atoms with Crippen LogP contribution in [-0.4, -0.2) is 17.6 Å². The topological polar surface area (TPSA) is 24.9 Å². The van der Waals surface area contributed by atoms with Crippen molar-refractivity contribution in [2.24, 2.45) is 5.92 Å². The molecule has 1 aliphatic rings. The number of aromatic nitrogens is 1. The fourth-order valence-electron chi connectivity index (χ4n) is 2.94. The lowest BCUT2D eigenvalue weighted by Crippen LogP contribution is -2.32. The van der Waals surface area contributed by atoms with Gasteiger partial charge in [0.2, 0.25) is 0 Å². The van der Waals surface area contributed by atoms with Crippen molar-refractivity contribution in [1.29, 1.82) is 0 Å². The van der Waals surface area contributed by atoms with E-state index in [0.717, 1.165) is 24.0 Å². The zero-order chi connectivity index (χ0) is 13.8. The van der Waals surface area contributed by atoms with Gasteiger partial charge in [-0.25, -0.2) is 0 Å². The van der Waals surface area contributed by atoms with Crippen molar-refractivity contribution < 1.29 is 0 Å². The summed E-state index contributed by atoms with van der Waals surface area (Å²) in [6, 6.07) is 11.6. The normalized spacial score (nSPS) is 16.4. The summed E-state index contributed by atoms with van der Waals surface area (Å²) in [6.07, 6.45) is 8.36. The van der Waals surface area contributed by atoms with Gasteiger partial charge in [-0.05, 0) is 68.3 Å². The van der Waals surface area contributed by atoms with Crippen molar-refractivity contribution in [2.45, 2.75) is 45.1 Å². The predicted octanol–water partition coefficient (Wildman–Crippen LogP) is 3.95. The lowest BCUT2D eigenvalue weighted by Gasteiger charge is -2.18. The molecule has 1 aromatic carbocycles. The van der Waals surface area contributed by atoms with Crippen molar-refractivity contribution in [1.82, 2.24) is 10.3 Å². The minimum Gasteiger partial charge on any atom is -0.314 e. The maximum absolute atomic E-state index is 4.38. The van der Waals surface area contributed by atoms with Crippen LogP contribution in [0, 0.1) is 5.92 Å². The molecule has 1 atom stereocenters. The summed E-state index contributed by atoms with van der Waals surface area (Å²) in [5.74, 6) is 0.934. The Morgan fingerprint density at radius 1 is 1.30 bits per heavy atom. The lowest BCUT2D eigenvalue weighted by atomic mass is 10.0. The second-order valence-electron chi connectivity index (χ2n) is 5.97. The molecule has 1 aliphatic carbocycles. The van der Waals surface area contributed by atoms with Crippen molar-refractivity contribution >= 4 is 10.9 Å². The van der Waals surface area contributed by atoms with E-state index in [1.165, 1.54) is 43.1 Å². The predicted molar refractivity (Wildman–Crippen MR) is 84.9 cm³/mol. The van der Waals surface area contributed by atoms with Crippen LogP contribution < -0.4 is 5.32 Å². The summed E-state index contributed by atoms with van der Waals surface area (Å²) >= 11 is 0. The Balaban J connectivity index is 1.63. The first kappa shape index (κ1) is 13.6. The quantitative estimate of drug-likeness (QED) is 0.822. The van der Waals surface area contributed by atoms with Crippen LogP contribution in [-0.2, 0) is 6.42 Å². The van der Waals surface area contributed by atoms with Gasteiger partial charge in [0.05, 0.1) is 5.52 Å². The SMILES string of the molecule is CCCNC(CCc1ccc2ncccc2c1)C1CC1. The third-order valence-corrected chi connectivity index (χ3v) is 4.26. The van der Waals surface area contributed by atoms with Gasteiger partial charge in [-0.2, -0.15) is 0 Å². The van der Waals surface area contributed by atoms with Gasteiger partial charge in [0.25, 0.3) is 0 Å². The van der Waals surface area contributed by atoms with Gasteiger partial charge in [-0.15, -0.1) is 0 Å². The first-order valence-electron chi connectivity index (χ1n) is 7.94. The van der Waals surface area contributed by atoms with E-state index in [9.17, 15) is 0 Å². The van der Waals surface area contributed by atoms with Crippen LogP contribution in [0.15, 0.2) is 36.5 Å². The maximum Gasteiger partial charge on any atom is 0.0702 e. The summed E-state index contributed by atoms with van der Waals surface area (Å²) in [5, 5.41) is 4.99. The molecule has 1 heterocycles. The summed E-state index contributed by atoms with van der Waals surface area (Å²) in [5.41, 5.74) is 2.54. The Kier molecular flexibility index (Phi) is 4.31. The average molecular weight is 268 g/mol. The Hall–Kier alpha value is -1.41. The monoisotopic (exact) mass is 268 g/mol. The van der Waals surface area contributed by atoms with E-state index in [1.54, 1.807) is 0 Å². The smallest absolute Gasteiger partial charge is 0.0702 e. The molecule has 2 aromatic rings. The highest BCUT2D eigenvalue weighted by Gasteiger charge is 2.30. The number of rotatable bonds is 7. The van der Waals surface area contributed by atoms with Crippen LogP contribution in [0.5, 0.6) is 0 Å². The molecule has 0 amide bonds. The van der Waals surface area contributed by atoms with E-state index in [0.29, 0.717) is 0 Å². The Labute approximate surface area is 121 Å². The van der Waals surface area contributed by atoms with Crippen molar-refractivity contribution in [2.75, 3.05) is 6.54 Å². The maximum atomic E-state index is 4.38. The molecule has 2 heteroatoms. The van der Waals surface area contributed by atoms with Crippen molar-refractivity contribution in [3.8, 4) is 0 Å². The molecule has 1 unspecified atom stereocenters. The largest absolute Gasteiger partial charge is 0.314 e. The Morgan fingerprint density at radius 3 is 3.00 bits per heavy atom. The van der Waals surface area contributed by atoms with Gasteiger partial charge < -0.3 is 5.32 Å². The zero-order valence-electron chi connectivity index (χ0n) is 12.3. The van der Waals surface area contributed by atoms with Crippen molar-refractivity contribution in [3.63, 3.8) is 0 Å². The number of pyridine rings is 1. The molecule has 20 heavy (non-hydrogen) atoms. The molecule has 0 spiro atoms. The van der Waals surface area contributed by atoms with Gasteiger partial charge in [0.1, 0.15) is 0 Å². The molecule has 2 nitrogen and oxygen atoms in total. The Bertz CT molecular complexity index is 560. The minimum absolute atomic E-state index is 0.722. The number of nitrogens with one attached hydrogen (secondary N) is 1. The van der Waals surface area contributed by atoms with E-state index in [-0.39, 0.29) is 0 Å². The fourth-order valence-corrected chi connectivity index (χ4v) is 2.94. The summed E-state index contributed by atoms with van der Waals surface area (Å²) < 4.78 is 0. The molecular formula is C18H24N2. The van der Waals surface area contributed by atoms with Crippen molar-refractivity contribution in [3.05, 3.63) is 42.1 Å². The first-order chi connectivity index (χ1) is 9.86. The van der Waals surface area contributed by atoms with E-state index in [4.69, 9.17) is 0 Å². The molecule has 0 saturated heterocycles. The second-order valence-corrected chi connectivity index (χ2v) is 5.97. The zero-order valence-corrected chi connectivity index (χ0v) is 12.3. The van der Waals surface area contributed by atoms with Crippen LogP contribution in [0.1, 0.15) is 38.2 Å².